The summed E-state index contributed by atoms with van der Waals surface area (Å²) in [6.45, 7) is 7.29. The molecule has 4 nitrogen and oxygen atoms in total. The van der Waals surface area contributed by atoms with Gasteiger partial charge in [0.2, 0.25) is 6.54 Å². The summed E-state index contributed by atoms with van der Waals surface area (Å²) in [5, 5.41) is 0. The van der Waals surface area contributed by atoms with Crippen molar-refractivity contribution >= 4 is 11.5 Å². The predicted molar refractivity (Wildman–Crippen MR) is 75.3 cm³/mol. The number of fused-ring (bicyclic) bond motifs is 1. The van der Waals surface area contributed by atoms with Crippen LogP contribution in [0.4, 0.5) is 5.82 Å². The molecule has 0 aliphatic heterocycles. The van der Waals surface area contributed by atoms with Crippen molar-refractivity contribution in [2.24, 2.45) is 0 Å². The summed E-state index contributed by atoms with van der Waals surface area (Å²) in [6.07, 6.45) is 1.82. The second kappa shape index (κ2) is 4.46. The van der Waals surface area contributed by atoms with E-state index in [-0.39, 0.29) is 0 Å². The highest BCUT2D eigenvalue weighted by Crippen LogP contribution is 2.22. The molecule has 2 N–H and O–H groups in total. The number of hydrogen-bond donors (Lipinski definition) is 1. The number of anilines is 1. The molecule has 3 aromatic rings. The van der Waals surface area contributed by atoms with Crippen LogP contribution in [0.3, 0.4) is 0 Å². The number of nitrogens with two attached hydrogens (primary N) is 1. The van der Waals surface area contributed by atoms with Crippen LogP contribution in [0.1, 0.15) is 5.56 Å². The van der Waals surface area contributed by atoms with Crippen molar-refractivity contribution in [3.63, 3.8) is 0 Å². The minimum absolute atomic E-state index is 0.419. The third kappa shape index (κ3) is 2.02. The maximum Gasteiger partial charge on any atom is 0.239 e. The summed E-state index contributed by atoms with van der Waals surface area (Å²) in [6, 6.07) is 13.9. The van der Waals surface area contributed by atoms with Crippen LogP contribution in [0.5, 0.6) is 0 Å². The van der Waals surface area contributed by atoms with Crippen molar-refractivity contribution in [2.45, 2.75) is 6.54 Å². The zero-order valence-corrected chi connectivity index (χ0v) is 10.2. The standard InChI is InChI=1S/C15H12N4/c1-17-9-11-5-7-12(8-6-11)13-3-2-4-15-18-14(16)10-19(13)15/h2-8,10H,9,16H2. The molecule has 2 heterocycles. The van der Waals surface area contributed by atoms with Gasteiger partial charge < -0.3 is 10.6 Å². The molecule has 0 bridgehead atoms. The lowest BCUT2D eigenvalue weighted by atomic mass is 10.1. The molecule has 19 heavy (non-hydrogen) atoms. The van der Waals surface area contributed by atoms with Gasteiger partial charge in [-0.1, -0.05) is 30.3 Å². The molecule has 92 valence electrons. The second-order valence-electron chi connectivity index (χ2n) is 4.32. The van der Waals surface area contributed by atoms with Gasteiger partial charge in [-0.05, 0) is 17.7 Å². The molecule has 0 fully saturated rings. The van der Waals surface area contributed by atoms with Crippen molar-refractivity contribution in [2.75, 3.05) is 5.73 Å². The van der Waals surface area contributed by atoms with Crippen LogP contribution in [0.25, 0.3) is 21.7 Å². The van der Waals surface area contributed by atoms with Gasteiger partial charge in [-0.15, -0.1) is 0 Å². The molecule has 0 spiro atoms. The maximum absolute atomic E-state index is 6.87. The average molecular weight is 248 g/mol. The number of rotatable bonds is 2. The number of benzene rings is 1. The maximum atomic E-state index is 6.87. The summed E-state index contributed by atoms with van der Waals surface area (Å²) in [5.74, 6) is 0.511. The Bertz CT molecular complexity index is 763. The molecular formula is C15H12N4. The zero-order valence-electron chi connectivity index (χ0n) is 10.2. The molecular weight excluding hydrogens is 236 g/mol. The Morgan fingerprint density at radius 3 is 2.68 bits per heavy atom. The number of imidazole rings is 1. The fourth-order valence-corrected chi connectivity index (χ4v) is 2.14. The van der Waals surface area contributed by atoms with Gasteiger partial charge in [0, 0.05) is 5.56 Å². The molecule has 0 saturated carbocycles. The van der Waals surface area contributed by atoms with Crippen molar-refractivity contribution in [3.05, 3.63) is 65.6 Å². The van der Waals surface area contributed by atoms with Gasteiger partial charge in [0.05, 0.1) is 11.9 Å². The van der Waals surface area contributed by atoms with E-state index < -0.39 is 0 Å². The van der Waals surface area contributed by atoms with Crippen LogP contribution in [0.2, 0.25) is 0 Å². The van der Waals surface area contributed by atoms with E-state index in [1.807, 2.05) is 53.1 Å². The predicted octanol–water partition coefficient (Wildman–Crippen LogP) is 3.00. The zero-order chi connectivity index (χ0) is 13.2. The van der Waals surface area contributed by atoms with Crippen LogP contribution in [0, 0.1) is 6.57 Å². The van der Waals surface area contributed by atoms with Crippen LogP contribution < -0.4 is 5.73 Å². The van der Waals surface area contributed by atoms with Crippen molar-refractivity contribution in [1.82, 2.24) is 9.38 Å². The van der Waals surface area contributed by atoms with Crippen LogP contribution in [-0.4, -0.2) is 9.38 Å². The Morgan fingerprint density at radius 2 is 1.95 bits per heavy atom. The number of nitrogens with zero attached hydrogens (tertiary/aromatic N) is 3. The summed E-state index contributed by atoms with van der Waals surface area (Å²) in [7, 11) is 0. The van der Waals surface area contributed by atoms with Crippen LogP contribution >= 0.6 is 0 Å². The van der Waals surface area contributed by atoms with Gasteiger partial charge in [0.1, 0.15) is 11.5 Å². The molecule has 4 heteroatoms. The van der Waals surface area contributed by atoms with Gasteiger partial charge in [-0.25, -0.2) is 11.6 Å². The third-order valence-corrected chi connectivity index (χ3v) is 3.02. The van der Waals surface area contributed by atoms with Gasteiger partial charge in [-0.3, -0.25) is 4.40 Å². The Balaban J connectivity index is 2.11. The van der Waals surface area contributed by atoms with Gasteiger partial charge in [-0.2, -0.15) is 0 Å². The first-order valence-electron chi connectivity index (χ1n) is 5.94. The van der Waals surface area contributed by atoms with Gasteiger partial charge in [0.15, 0.2) is 0 Å². The largest absolute Gasteiger partial charge is 0.382 e. The number of aromatic nitrogens is 2. The topological polar surface area (TPSA) is 47.7 Å². The van der Waals surface area contributed by atoms with Crippen LogP contribution in [-0.2, 0) is 6.54 Å². The lowest BCUT2D eigenvalue weighted by Crippen LogP contribution is -1.90. The molecule has 1 aromatic carbocycles. The first-order valence-corrected chi connectivity index (χ1v) is 5.94. The Morgan fingerprint density at radius 1 is 1.16 bits per heavy atom. The SMILES string of the molecule is [C-]#[N+]Cc1ccc(-c2cccc3nc(N)cn23)cc1. The van der Waals surface area contributed by atoms with Gasteiger partial charge in [0.25, 0.3) is 0 Å². The summed E-state index contributed by atoms with van der Waals surface area (Å²) in [5.41, 5.74) is 9.71. The summed E-state index contributed by atoms with van der Waals surface area (Å²) in [4.78, 5) is 7.63. The Labute approximate surface area is 110 Å². The molecule has 3 rings (SSSR count). The summed E-state index contributed by atoms with van der Waals surface area (Å²) >= 11 is 0. The highest BCUT2D eigenvalue weighted by molar-refractivity contribution is 5.65. The van der Waals surface area contributed by atoms with Gasteiger partial charge >= 0.3 is 0 Å². The second-order valence-corrected chi connectivity index (χ2v) is 4.32. The molecule has 0 unspecified atom stereocenters. The van der Waals surface area contributed by atoms with E-state index in [2.05, 4.69) is 9.83 Å². The number of hydrogen-bond acceptors (Lipinski definition) is 2. The first kappa shape index (κ1) is 11.3. The third-order valence-electron chi connectivity index (χ3n) is 3.02. The van der Waals surface area contributed by atoms with E-state index in [0.717, 1.165) is 22.5 Å². The smallest absolute Gasteiger partial charge is 0.239 e. The van der Waals surface area contributed by atoms with Crippen molar-refractivity contribution < 1.29 is 0 Å². The number of nitrogen functional groups attached to an aromatic ring is 1. The molecule has 0 saturated heterocycles. The highest BCUT2D eigenvalue weighted by Gasteiger charge is 2.05. The average Bonchev–Trinajstić information content (AvgIpc) is 2.80. The minimum atomic E-state index is 0.419. The van der Waals surface area contributed by atoms with E-state index in [0.29, 0.717) is 12.4 Å². The molecule has 0 aliphatic carbocycles. The minimum Gasteiger partial charge on any atom is -0.382 e. The number of pyridine rings is 1. The summed E-state index contributed by atoms with van der Waals surface area (Å²) < 4.78 is 1.97. The van der Waals surface area contributed by atoms with E-state index in [1.165, 1.54) is 0 Å². The lowest BCUT2D eigenvalue weighted by molar-refractivity contribution is 1.19. The van der Waals surface area contributed by atoms with E-state index >= 15 is 0 Å². The fraction of sp³-hybridized carbons (Fsp3) is 0.0667. The normalized spacial score (nSPS) is 10.5. The van der Waals surface area contributed by atoms with E-state index in [4.69, 9.17) is 12.3 Å². The Kier molecular flexibility index (Phi) is 2.66. The quantitative estimate of drug-likeness (QED) is 0.709. The van der Waals surface area contributed by atoms with E-state index in [1.54, 1.807) is 0 Å². The van der Waals surface area contributed by atoms with Crippen molar-refractivity contribution in [1.29, 1.82) is 0 Å². The Hall–Kier alpha value is -2.80. The first-order chi connectivity index (χ1) is 9.28. The molecule has 0 aliphatic rings. The molecule has 2 aromatic heterocycles. The van der Waals surface area contributed by atoms with E-state index in [9.17, 15) is 0 Å². The van der Waals surface area contributed by atoms with Crippen molar-refractivity contribution in [3.8, 4) is 11.3 Å². The molecule has 0 radical (unpaired) electrons. The highest BCUT2D eigenvalue weighted by atomic mass is 15.0. The molecule has 0 atom stereocenters. The molecule has 0 amide bonds. The van der Waals surface area contributed by atoms with Crippen LogP contribution in [0.15, 0.2) is 48.7 Å². The monoisotopic (exact) mass is 248 g/mol. The fourth-order valence-electron chi connectivity index (χ4n) is 2.14. The lowest BCUT2D eigenvalue weighted by Gasteiger charge is -2.05.